The van der Waals surface area contributed by atoms with Gasteiger partial charge in [0.1, 0.15) is 17.3 Å². The standard InChI is InChI=1S/C23H25Cl2N5O2/c1-4-32-19-13-30(20-7-5-6-10-26-20)12-18(19)28-21-14(2)27-22(29(3)23(21)31)16-9-8-15(24)11-17(16)25/h5-11,18-19,28H,4,12-13H2,1-3H3. The van der Waals surface area contributed by atoms with Gasteiger partial charge in [-0.2, -0.15) is 0 Å². The number of pyridine rings is 1. The van der Waals surface area contributed by atoms with E-state index in [9.17, 15) is 4.79 Å². The Morgan fingerprint density at radius 2 is 2.03 bits per heavy atom. The molecular weight excluding hydrogens is 449 g/mol. The molecular formula is C23H25Cl2N5O2. The predicted molar refractivity (Wildman–Crippen MR) is 129 cm³/mol. The van der Waals surface area contributed by atoms with Crippen LogP contribution in [0.5, 0.6) is 0 Å². The van der Waals surface area contributed by atoms with Crippen molar-refractivity contribution in [3.8, 4) is 11.4 Å². The van der Waals surface area contributed by atoms with Crippen molar-refractivity contribution in [3.63, 3.8) is 0 Å². The van der Waals surface area contributed by atoms with Crippen LogP contribution in [-0.2, 0) is 11.8 Å². The number of aryl methyl sites for hydroxylation is 1. The normalized spacial score (nSPS) is 18.2. The smallest absolute Gasteiger partial charge is 0.277 e. The van der Waals surface area contributed by atoms with Gasteiger partial charge in [0.15, 0.2) is 0 Å². The number of anilines is 2. The van der Waals surface area contributed by atoms with E-state index in [2.05, 4.69) is 15.2 Å². The van der Waals surface area contributed by atoms with Crippen LogP contribution in [0.15, 0.2) is 47.4 Å². The Hall–Kier alpha value is -2.61. The molecule has 1 N–H and O–H groups in total. The molecule has 0 spiro atoms. The third kappa shape index (κ3) is 4.46. The number of nitrogens with one attached hydrogen (secondary N) is 1. The zero-order valence-electron chi connectivity index (χ0n) is 18.2. The molecule has 1 aromatic carbocycles. The van der Waals surface area contributed by atoms with Crippen LogP contribution in [0.3, 0.4) is 0 Å². The second kappa shape index (κ2) is 9.48. The fourth-order valence-electron chi connectivity index (χ4n) is 4.00. The highest BCUT2D eigenvalue weighted by Crippen LogP contribution is 2.30. The Morgan fingerprint density at radius 1 is 1.22 bits per heavy atom. The Bertz CT molecular complexity index is 1170. The van der Waals surface area contributed by atoms with Gasteiger partial charge in [0.2, 0.25) is 0 Å². The molecule has 2 atom stereocenters. The van der Waals surface area contributed by atoms with Crippen LogP contribution >= 0.6 is 23.2 Å². The second-order valence-corrected chi connectivity index (χ2v) is 8.57. The van der Waals surface area contributed by atoms with Crippen LogP contribution in [0.2, 0.25) is 10.0 Å². The Morgan fingerprint density at radius 3 is 2.72 bits per heavy atom. The molecule has 1 saturated heterocycles. The van der Waals surface area contributed by atoms with Crippen molar-refractivity contribution in [2.45, 2.75) is 26.0 Å². The first-order chi connectivity index (χ1) is 15.4. The van der Waals surface area contributed by atoms with E-state index in [0.29, 0.717) is 52.5 Å². The first kappa shape index (κ1) is 22.6. The third-order valence-electron chi connectivity index (χ3n) is 5.59. The van der Waals surface area contributed by atoms with E-state index in [1.807, 2.05) is 32.0 Å². The molecule has 3 aromatic rings. The summed E-state index contributed by atoms with van der Waals surface area (Å²) in [5.41, 5.74) is 1.53. The number of hydrogen-bond donors (Lipinski definition) is 1. The van der Waals surface area contributed by atoms with E-state index in [4.69, 9.17) is 32.9 Å². The third-order valence-corrected chi connectivity index (χ3v) is 6.14. The van der Waals surface area contributed by atoms with Gasteiger partial charge >= 0.3 is 0 Å². The molecule has 2 aromatic heterocycles. The van der Waals surface area contributed by atoms with Crippen molar-refractivity contribution in [1.82, 2.24) is 14.5 Å². The number of rotatable bonds is 6. The number of hydrogen-bond acceptors (Lipinski definition) is 6. The van der Waals surface area contributed by atoms with Crippen molar-refractivity contribution >= 4 is 34.7 Å². The van der Waals surface area contributed by atoms with Gasteiger partial charge in [-0.1, -0.05) is 29.3 Å². The van der Waals surface area contributed by atoms with Gasteiger partial charge in [0, 0.05) is 43.5 Å². The first-order valence-corrected chi connectivity index (χ1v) is 11.2. The predicted octanol–water partition coefficient (Wildman–Crippen LogP) is 4.16. The van der Waals surface area contributed by atoms with Crippen LogP contribution in [0.1, 0.15) is 12.6 Å². The molecule has 1 aliphatic heterocycles. The second-order valence-electron chi connectivity index (χ2n) is 7.72. The first-order valence-electron chi connectivity index (χ1n) is 10.5. The van der Waals surface area contributed by atoms with Crippen LogP contribution in [-0.4, -0.2) is 46.4 Å². The summed E-state index contributed by atoms with van der Waals surface area (Å²) in [5.74, 6) is 1.37. The molecule has 2 unspecified atom stereocenters. The Balaban J connectivity index is 1.65. The summed E-state index contributed by atoms with van der Waals surface area (Å²) in [5, 5.41) is 4.38. The van der Waals surface area contributed by atoms with Crippen molar-refractivity contribution in [2.75, 3.05) is 29.9 Å². The van der Waals surface area contributed by atoms with Gasteiger partial charge in [0.05, 0.1) is 22.9 Å². The minimum absolute atomic E-state index is 0.0866. The summed E-state index contributed by atoms with van der Waals surface area (Å²) in [6.07, 6.45) is 1.69. The van der Waals surface area contributed by atoms with Crippen LogP contribution < -0.4 is 15.8 Å². The Labute approximate surface area is 197 Å². The largest absolute Gasteiger partial charge is 0.374 e. The average molecular weight is 474 g/mol. The molecule has 168 valence electrons. The molecule has 9 heteroatoms. The highest BCUT2D eigenvalue weighted by Gasteiger charge is 2.35. The zero-order chi connectivity index (χ0) is 22.8. The number of benzene rings is 1. The number of aromatic nitrogens is 3. The summed E-state index contributed by atoms with van der Waals surface area (Å²) in [7, 11) is 1.69. The number of nitrogens with zero attached hydrogens (tertiary/aromatic N) is 4. The lowest BCUT2D eigenvalue weighted by Gasteiger charge is -2.22. The molecule has 7 nitrogen and oxygen atoms in total. The lowest BCUT2D eigenvalue weighted by molar-refractivity contribution is 0.0720. The summed E-state index contributed by atoms with van der Waals surface area (Å²) in [4.78, 5) is 24.6. The van der Waals surface area contributed by atoms with Gasteiger partial charge in [-0.15, -0.1) is 0 Å². The lowest BCUT2D eigenvalue weighted by Crippen LogP contribution is -2.38. The molecule has 0 radical (unpaired) electrons. The molecule has 0 bridgehead atoms. The molecule has 0 saturated carbocycles. The number of halogens is 2. The SMILES string of the molecule is CCOC1CN(c2ccccn2)CC1Nc1c(C)nc(-c2ccc(Cl)cc2Cl)n(C)c1=O. The molecule has 32 heavy (non-hydrogen) atoms. The van der Waals surface area contributed by atoms with Crippen molar-refractivity contribution in [3.05, 3.63) is 68.7 Å². The van der Waals surface area contributed by atoms with Crippen LogP contribution in [0, 0.1) is 6.92 Å². The zero-order valence-corrected chi connectivity index (χ0v) is 19.7. The topological polar surface area (TPSA) is 72.3 Å². The fraction of sp³-hybridized carbons (Fsp3) is 0.348. The highest BCUT2D eigenvalue weighted by molar-refractivity contribution is 6.36. The van der Waals surface area contributed by atoms with Gasteiger partial charge in [-0.25, -0.2) is 9.97 Å². The minimum Gasteiger partial charge on any atom is -0.374 e. The maximum absolute atomic E-state index is 13.3. The fourth-order valence-corrected chi connectivity index (χ4v) is 4.49. The van der Waals surface area contributed by atoms with Gasteiger partial charge < -0.3 is 15.0 Å². The molecule has 4 rings (SSSR count). The van der Waals surface area contributed by atoms with E-state index < -0.39 is 0 Å². The van der Waals surface area contributed by atoms with Crippen molar-refractivity contribution < 1.29 is 4.74 Å². The molecule has 0 amide bonds. The van der Waals surface area contributed by atoms with E-state index in [1.54, 1.807) is 31.4 Å². The van der Waals surface area contributed by atoms with E-state index in [1.165, 1.54) is 4.57 Å². The lowest BCUT2D eigenvalue weighted by atomic mass is 10.1. The number of ether oxygens (including phenoxy) is 1. The van der Waals surface area contributed by atoms with E-state index in [0.717, 1.165) is 5.82 Å². The molecule has 3 heterocycles. The monoisotopic (exact) mass is 473 g/mol. The summed E-state index contributed by atoms with van der Waals surface area (Å²) < 4.78 is 7.48. The van der Waals surface area contributed by atoms with E-state index >= 15 is 0 Å². The maximum atomic E-state index is 13.3. The quantitative estimate of drug-likeness (QED) is 0.579. The summed E-state index contributed by atoms with van der Waals surface area (Å²) in [6, 6.07) is 10.9. The van der Waals surface area contributed by atoms with Crippen LogP contribution in [0.25, 0.3) is 11.4 Å². The van der Waals surface area contributed by atoms with Gasteiger partial charge in [-0.05, 0) is 44.2 Å². The van der Waals surface area contributed by atoms with E-state index in [-0.39, 0.29) is 17.7 Å². The van der Waals surface area contributed by atoms with Crippen LogP contribution in [0.4, 0.5) is 11.5 Å². The maximum Gasteiger partial charge on any atom is 0.277 e. The summed E-state index contributed by atoms with van der Waals surface area (Å²) in [6.45, 7) is 5.72. The molecule has 1 aliphatic rings. The van der Waals surface area contributed by atoms with Gasteiger partial charge in [-0.3, -0.25) is 9.36 Å². The van der Waals surface area contributed by atoms with Crippen molar-refractivity contribution in [1.29, 1.82) is 0 Å². The average Bonchev–Trinajstić information content (AvgIpc) is 3.17. The molecule has 1 fully saturated rings. The highest BCUT2D eigenvalue weighted by atomic mass is 35.5. The summed E-state index contributed by atoms with van der Waals surface area (Å²) >= 11 is 12.4. The Kier molecular flexibility index (Phi) is 6.69. The molecule has 0 aliphatic carbocycles. The van der Waals surface area contributed by atoms with Gasteiger partial charge in [0.25, 0.3) is 5.56 Å². The minimum atomic E-state index is -0.176. The van der Waals surface area contributed by atoms with Crippen molar-refractivity contribution in [2.24, 2.45) is 7.05 Å².